The molecule has 1 saturated carbocycles. The first-order chi connectivity index (χ1) is 9.56. The molecule has 0 spiro atoms. The smallest absolute Gasteiger partial charge is 0.310 e. The Hall–Kier alpha value is -1.35. The van der Waals surface area contributed by atoms with Gasteiger partial charge in [0.15, 0.2) is 0 Å². The molecule has 20 heavy (non-hydrogen) atoms. The van der Waals surface area contributed by atoms with Crippen LogP contribution >= 0.6 is 0 Å². The van der Waals surface area contributed by atoms with Gasteiger partial charge in [-0.1, -0.05) is 44.0 Å². The van der Waals surface area contributed by atoms with E-state index in [9.17, 15) is 4.79 Å². The predicted octanol–water partition coefficient (Wildman–Crippen LogP) is 3.54. The summed E-state index contributed by atoms with van der Waals surface area (Å²) >= 11 is 0. The van der Waals surface area contributed by atoms with Gasteiger partial charge < -0.3 is 10.4 Å². The molecular formula is C17H25NO2. The summed E-state index contributed by atoms with van der Waals surface area (Å²) in [5.41, 5.74) is 2.09. The van der Waals surface area contributed by atoms with E-state index in [0.29, 0.717) is 6.04 Å². The molecule has 0 saturated heterocycles. The molecule has 110 valence electrons. The molecule has 3 heteroatoms. The van der Waals surface area contributed by atoms with Gasteiger partial charge in [-0.05, 0) is 36.8 Å². The van der Waals surface area contributed by atoms with Gasteiger partial charge in [-0.25, -0.2) is 0 Å². The molecule has 3 nitrogen and oxygen atoms in total. The Morgan fingerprint density at radius 2 is 2.05 bits per heavy atom. The summed E-state index contributed by atoms with van der Waals surface area (Å²) in [6.07, 6.45) is 5.24. The molecule has 0 aromatic heterocycles. The van der Waals surface area contributed by atoms with E-state index >= 15 is 0 Å². The van der Waals surface area contributed by atoms with E-state index in [1.165, 1.54) is 31.2 Å². The van der Waals surface area contributed by atoms with Crippen LogP contribution in [-0.2, 0) is 11.3 Å². The van der Waals surface area contributed by atoms with Crippen LogP contribution in [0.2, 0.25) is 0 Å². The zero-order valence-corrected chi connectivity index (χ0v) is 12.4. The second kappa shape index (κ2) is 6.89. The van der Waals surface area contributed by atoms with E-state index in [-0.39, 0.29) is 0 Å². The standard InChI is InChI=1S/C17H25NO2/c1-12-4-3-5-16(10-12)18-11-14-6-8-15(9-7-14)13(2)17(19)20/h6-9,12-13,16,18H,3-5,10-11H2,1-2H3,(H,19,20). The summed E-state index contributed by atoms with van der Waals surface area (Å²) in [7, 11) is 0. The van der Waals surface area contributed by atoms with E-state index in [4.69, 9.17) is 5.11 Å². The Bertz CT molecular complexity index is 441. The predicted molar refractivity (Wildman–Crippen MR) is 80.8 cm³/mol. The molecule has 1 aliphatic rings. The van der Waals surface area contributed by atoms with E-state index < -0.39 is 11.9 Å². The molecule has 0 radical (unpaired) electrons. The molecule has 3 atom stereocenters. The Labute approximate surface area is 121 Å². The van der Waals surface area contributed by atoms with Gasteiger partial charge >= 0.3 is 5.97 Å². The molecule has 1 aromatic rings. The molecule has 1 aromatic carbocycles. The molecule has 0 heterocycles. The number of hydrogen-bond acceptors (Lipinski definition) is 2. The fourth-order valence-corrected chi connectivity index (χ4v) is 2.95. The summed E-state index contributed by atoms with van der Waals surface area (Å²) < 4.78 is 0. The van der Waals surface area contributed by atoms with Crippen molar-refractivity contribution in [1.29, 1.82) is 0 Å². The summed E-state index contributed by atoms with van der Waals surface area (Å²) in [6, 6.07) is 8.57. The number of hydrogen-bond donors (Lipinski definition) is 2. The third-order valence-electron chi connectivity index (χ3n) is 4.38. The largest absolute Gasteiger partial charge is 0.481 e. The lowest BCUT2D eigenvalue weighted by Gasteiger charge is -2.27. The van der Waals surface area contributed by atoms with Crippen molar-refractivity contribution in [2.24, 2.45) is 5.92 Å². The van der Waals surface area contributed by atoms with Crippen LogP contribution in [-0.4, -0.2) is 17.1 Å². The van der Waals surface area contributed by atoms with Crippen molar-refractivity contribution >= 4 is 5.97 Å². The maximum atomic E-state index is 10.9. The molecule has 0 amide bonds. The number of nitrogens with one attached hydrogen (secondary N) is 1. The first-order valence-corrected chi connectivity index (χ1v) is 7.61. The molecule has 0 bridgehead atoms. The average Bonchev–Trinajstić information content (AvgIpc) is 2.45. The topological polar surface area (TPSA) is 49.3 Å². The van der Waals surface area contributed by atoms with Crippen LogP contribution in [0, 0.1) is 5.92 Å². The fourth-order valence-electron chi connectivity index (χ4n) is 2.95. The number of rotatable bonds is 5. The summed E-state index contributed by atoms with van der Waals surface area (Å²) in [4.78, 5) is 10.9. The lowest BCUT2D eigenvalue weighted by molar-refractivity contribution is -0.138. The Morgan fingerprint density at radius 1 is 1.35 bits per heavy atom. The van der Waals surface area contributed by atoms with E-state index in [2.05, 4.69) is 12.2 Å². The van der Waals surface area contributed by atoms with Gasteiger partial charge in [0.25, 0.3) is 0 Å². The molecule has 3 unspecified atom stereocenters. The minimum absolute atomic E-state index is 0.434. The number of carbonyl (C=O) groups is 1. The number of carboxylic acids is 1. The lowest BCUT2D eigenvalue weighted by Crippen LogP contribution is -2.33. The normalized spacial score (nSPS) is 24.3. The average molecular weight is 275 g/mol. The minimum atomic E-state index is -0.771. The van der Waals surface area contributed by atoms with Gasteiger partial charge in [0.05, 0.1) is 5.92 Å². The van der Waals surface area contributed by atoms with Gasteiger partial charge in [0.1, 0.15) is 0 Å². The van der Waals surface area contributed by atoms with E-state index in [0.717, 1.165) is 18.0 Å². The quantitative estimate of drug-likeness (QED) is 0.864. The summed E-state index contributed by atoms with van der Waals surface area (Å²) in [5, 5.41) is 12.6. The molecule has 1 fully saturated rings. The van der Waals surface area contributed by atoms with Crippen LogP contribution in [0.3, 0.4) is 0 Å². The second-order valence-electron chi connectivity index (χ2n) is 6.15. The van der Waals surface area contributed by atoms with Gasteiger partial charge in [-0.2, -0.15) is 0 Å². The Kier molecular flexibility index (Phi) is 5.18. The first-order valence-electron chi connectivity index (χ1n) is 7.61. The zero-order chi connectivity index (χ0) is 14.5. The van der Waals surface area contributed by atoms with Crippen molar-refractivity contribution in [3.8, 4) is 0 Å². The van der Waals surface area contributed by atoms with Gasteiger partial charge in [0.2, 0.25) is 0 Å². The molecular weight excluding hydrogens is 250 g/mol. The number of aliphatic carboxylic acids is 1. The highest BCUT2D eigenvalue weighted by atomic mass is 16.4. The second-order valence-corrected chi connectivity index (χ2v) is 6.15. The van der Waals surface area contributed by atoms with Crippen LogP contribution < -0.4 is 5.32 Å². The number of benzene rings is 1. The van der Waals surface area contributed by atoms with Crippen molar-refractivity contribution in [3.63, 3.8) is 0 Å². The summed E-state index contributed by atoms with van der Waals surface area (Å²) in [6.45, 7) is 4.92. The van der Waals surface area contributed by atoms with Gasteiger partial charge in [-0.3, -0.25) is 4.79 Å². The van der Waals surface area contributed by atoms with Gasteiger partial charge in [-0.15, -0.1) is 0 Å². The fraction of sp³-hybridized carbons (Fsp3) is 0.588. The monoisotopic (exact) mass is 275 g/mol. The molecule has 2 rings (SSSR count). The molecule has 2 N–H and O–H groups in total. The third kappa shape index (κ3) is 4.07. The lowest BCUT2D eigenvalue weighted by atomic mass is 9.87. The maximum Gasteiger partial charge on any atom is 0.310 e. The Balaban J connectivity index is 1.86. The minimum Gasteiger partial charge on any atom is -0.481 e. The van der Waals surface area contributed by atoms with Crippen LogP contribution in [0.1, 0.15) is 56.6 Å². The van der Waals surface area contributed by atoms with Crippen molar-refractivity contribution < 1.29 is 9.90 Å². The van der Waals surface area contributed by atoms with E-state index in [1.807, 2.05) is 24.3 Å². The van der Waals surface area contributed by atoms with Crippen LogP contribution in [0.15, 0.2) is 24.3 Å². The van der Waals surface area contributed by atoms with Crippen LogP contribution in [0.4, 0.5) is 0 Å². The van der Waals surface area contributed by atoms with Crippen molar-refractivity contribution in [3.05, 3.63) is 35.4 Å². The highest BCUT2D eigenvalue weighted by Gasteiger charge is 2.18. The van der Waals surface area contributed by atoms with Gasteiger partial charge in [0, 0.05) is 12.6 Å². The maximum absolute atomic E-state index is 10.9. The Morgan fingerprint density at radius 3 is 2.65 bits per heavy atom. The van der Waals surface area contributed by atoms with Crippen LogP contribution in [0.25, 0.3) is 0 Å². The highest BCUT2D eigenvalue weighted by molar-refractivity contribution is 5.75. The zero-order valence-electron chi connectivity index (χ0n) is 12.4. The number of carboxylic acid groups (broad SMARTS) is 1. The summed E-state index contributed by atoms with van der Waals surface area (Å²) in [5.74, 6) is -0.372. The van der Waals surface area contributed by atoms with Crippen molar-refractivity contribution in [2.45, 2.75) is 58.0 Å². The van der Waals surface area contributed by atoms with E-state index in [1.54, 1.807) is 6.92 Å². The SMILES string of the molecule is CC1CCCC(NCc2ccc(C(C)C(=O)O)cc2)C1. The van der Waals surface area contributed by atoms with Crippen molar-refractivity contribution in [2.75, 3.05) is 0 Å². The first kappa shape index (κ1) is 15.0. The highest BCUT2D eigenvalue weighted by Crippen LogP contribution is 2.24. The van der Waals surface area contributed by atoms with Crippen molar-refractivity contribution in [1.82, 2.24) is 5.32 Å². The molecule has 1 aliphatic carbocycles. The van der Waals surface area contributed by atoms with Crippen LogP contribution in [0.5, 0.6) is 0 Å². The molecule has 0 aliphatic heterocycles. The third-order valence-corrected chi connectivity index (χ3v) is 4.38.